The molecule has 0 radical (unpaired) electrons. The molecule has 0 bridgehead atoms. The standard InChI is InChI=1S/C12H16FNOS/c1-7(2)11(16)12(15)14-10-6-8(3)4-5-9(10)13/h4-7,11,16H,1-3H3,(H,14,15). The van der Waals surface area contributed by atoms with Crippen LogP contribution in [0, 0.1) is 18.7 Å². The summed E-state index contributed by atoms with van der Waals surface area (Å²) in [6, 6.07) is 4.60. The fourth-order valence-electron chi connectivity index (χ4n) is 1.24. The largest absolute Gasteiger partial charge is 0.323 e. The molecule has 1 unspecified atom stereocenters. The van der Waals surface area contributed by atoms with Gasteiger partial charge in [0.25, 0.3) is 0 Å². The van der Waals surface area contributed by atoms with Crippen molar-refractivity contribution in [2.24, 2.45) is 5.92 Å². The summed E-state index contributed by atoms with van der Waals surface area (Å²) in [6.07, 6.45) is 0. The fraction of sp³-hybridized carbons (Fsp3) is 0.417. The van der Waals surface area contributed by atoms with Gasteiger partial charge in [0, 0.05) is 0 Å². The summed E-state index contributed by atoms with van der Waals surface area (Å²) in [5.41, 5.74) is 1.11. The van der Waals surface area contributed by atoms with Crippen molar-refractivity contribution in [2.45, 2.75) is 26.0 Å². The molecule has 2 nitrogen and oxygen atoms in total. The van der Waals surface area contributed by atoms with E-state index in [1.807, 2.05) is 20.8 Å². The zero-order chi connectivity index (χ0) is 12.3. The first-order valence-electron chi connectivity index (χ1n) is 5.17. The minimum Gasteiger partial charge on any atom is -0.323 e. The number of hydrogen-bond donors (Lipinski definition) is 2. The third kappa shape index (κ3) is 3.23. The van der Waals surface area contributed by atoms with Crippen LogP contribution < -0.4 is 5.32 Å². The maximum absolute atomic E-state index is 13.4. The van der Waals surface area contributed by atoms with E-state index >= 15 is 0 Å². The van der Waals surface area contributed by atoms with Gasteiger partial charge in [-0.15, -0.1) is 0 Å². The molecule has 0 saturated carbocycles. The number of carbonyl (C=O) groups is 1. The number of rotatable bonds is 3. The predicted octanol–water partition coefficient (Wildman–Crippen LogP) is 3.03. The van der Waals surface area contributed by atoms with E-state index in [9.17, 15) is 9.18 Å². The van der Waals surface area contributed by atoms with Crippen molar-refractivity contribution in [3.8, 4) is 0 Å². The van der Waals surface area contributed by atoms with Gasteiger partial charge in [0.2, 0.25) is 5.91 Å². The number of anilines is 1. The van der Waals surface area contributed by atoms with Gasteiger partial charge in [-0.05, 0) is 30.5 Å². The Labute approximate surface area is 101 Å². The second-order valence-corrected chi connectivity index (χ2v) is 4.72. The van der Waals surface area contributed by atoms with Gasteiger partial charge in [0.05, 0.1) is 10.9 Å². The summed E-state index contributed by atoms with van der Waals surface area (Å²) in [5.74, 6) is -0.595. The van der Waals surface area contributed by atoms with E-state index in [1.165, 1.54) is 6.07 Å². The lowest BCUT2D eigenvalue weighted by Crippen LogP contribution is -2.27. The van der Waals surface area contributed by atoms with E-state index in [2.05, 4.69) is 17.9 Å². The summed E-state index contributed by atoms with van der Waals surface area (Å²) < 4.78 is 13.4. The van der Waals surface area contributed by atoms with Gasteiger partial charge in [-0.2, -0.15) is 12.6 Å². The van der Waals surface area contributed by atoms with E-state index in [1.54, 1.807) is 12.1 Å². The molecule has 0 aliphatic rings. The van der Waals surface area contributed by atoms with Crippen LogP contribution in [0.2, 0.25) is 0 Å². The Balaban J connectivity index is 2.80. The molecule has 16 heavy (non-hydrogen) atoms. The van der Waals surface area contributed by atoms with Crippen LogP contribution in [0.25, 0.3) is 0 Å². The summed E-state index contributed by atoms with van der Waals surface area (Å²) in [6.45, 7) is 5.63. The summed E-state index contributed by atoms with van der Waals surface area (Å²) >= 11 is 4.18. The van der Waals surface area contributed by atoms with Gasteiger partial charge in [0.1, 0.15) is 5.82 Å². The molecule has 1 amide bonds. The molecule has 0 aliphatic carbocycles. The number of carbonyl (C=O) groups excluding carboxylic acids is 1. The van der Waals surface area contributed by atoms with Crippen molar-refractivity contribution in [3.63, 3.8) is 0 Å². The molecular formula is C12H16FNOS. The third-order valence-electron chi connectivity index (χ3n) is 2.28. The topological polar surface area (TPSA) is 29.1 Å². The van der Waals surface area contributed by atoms with Crippen LogP contribution in [0.4, 0.5) is 10.1 Å². The normalized spacial score (nSPS) is 12.6. The molecule has 4 heteroatoms. The summed E-state index contributed by atoms with van der Waals surface area (Å²) in [4.78, 5) is 11.7. The van der Waals surface area contributed by atoms with Crippen LogP contribution in [-0.2, 0) is 4.79 Å². The molecule has 1 rings (SSSR count). The molecule has 1 atom stereocenters. The molecule has 0 aromatic heterocycles. The van der Waals surface area contributed by atoms with Crippen LogP contribution in [0.15, 0.2) is 18.2 Å². The first-order chi connectivity index (χ1) is 7.41. The Hall–Kier alpha value is -1.03. The van der Waals surface area contributed by atoms with Gasteiger partial charge in [-0.1, -0.05) is 19.9 Å². The number of aryl methyl sites for hydroxylation is 1. The highest BCUT2D eigenvalue weighted by molar-refractivity contribution is 7.81. The lowest BCUT2D eigenvalue weighted by molar-refractivity contribution is -0.116. The average Bonchev–Trinajstić information content (AvgIpc) is 2.22. The number of benzene rings is 1. The van der Waals surface area contributed by atoms with Crippen molar-refractivity contribution >= 4 is 24.2 Å². The number of halogens is 1. The predicted molar refractivity (Wildman–Crippen MR) is 67.4 cm³/mol. The summed E-state index contributed by atoms with van der Waals surface area (Å²) in [5, 5.41) is 2.11. The van der Waals surface area contributed by atoms with Crippen molar-refractivity contribution in [1.29, 1.82) is 0 Å². The highest BCUT2D eigenvalue weighted by Gasteiger charge is 2.18. The highest BCUT2D eigenvalue weighted by atomic mass is 32.1. The van der Waals surface area contributed by atoms with Crippen LogP contribution in [0.1, 0.15) is 19.4 Å². The fourth-order valence-corrected chi connectivity index (χ4v) is 1.31. The molecule has 1 aromatic rings. The number of amides is 1. The summed E-state index contributed by atoms with van der Waals surface area (Å²) in [7, 11) is 0. The Kier molecular flexibility index (Phi) is 4.35. The van der Waals surface area contributed by atoms with E-state index in [0.29, 0.717) is 0 Å². The van der Waals surface area contributed by atoms with Crippen LogP contribution in [-0.4, -0.2) is 11.2 Å². The molecule has 1 aromatic carbocycles. The smallest absolute Gasteiger partial charge is 0.237 e. The maximum atomic E-state index is 13.4. The van der Waals surface area contributed by atoms with E-state index in [-0.39, 0.29) is 17.5 Å². The monoisotopic (exact) mass is 241 g/mol. The van der Waals surface area contributed by atoms with Crippen molar-refractivity contribution in [1.82, 2.24) is 0 Å². The molecule has 0 spiro atoms. The van der Waals surface area contributed by atoms with Crippen molar-refractivity contribution in [2.75, 3.05) is 5.32 Å². The lowest BCUT2D eigenvalue weighted by Gasteiger charge is -2.15. The second-order valence-electron chi connectivity index (χ2n) is 4.16. The van der Waals surface area contributed by atoms with E-state index in [4.69, 9.17) is 0 Å². The van der Waals surface area contributed by atoms with Crippen molar-refractivity contribution < 1.29 is 9.18 Å². The quantitative estimate of drug-likeness (QED) is 0.783. The Morgan fingerprint density at radius 3 is 2.62 bits per heavy atom. The minimum atomic E-state index is -0.431. The van der Waals surface area contributed by atoms with Crippen LogP contribution >= 0.6 is 12.6 Å². The van der Waals surface area contributed by atoms with Crippen molar-refractivity contribution in [3.05, 3.63) is 29.6 Å². The first kappa shape index (κ1) is 13.0. The molecule has 88 valence electrons. The van der Waals surface area contributed by atoms with E-state index in [0.717, 1.165) is 5.56 Å². The molecule has 0 fully saturated rings. The SMILES string of the molecule is Cc1ccc(F)c(NC(=O)C(S)C(C)C)c1. The maximum Gasteiger partial charge on any atom is 0.237 e. The zero-order valence-corrected chi connectivity index (χ0v) is 10.5. The lowest BCUT2D eigenvalue weighted by atomic mass is 10.1. The molecule has 1 N–H and O–H groups in total. The number of hydrogen-bond acceptors (Lipinski definition) is 2. The van der Waals surface area contributed by atoms with E-state index < -0.39 is 11.1 Å². The van der Waals surface area contributed by atoms with Crippen LogP contribution in [0.3, 0.4) is 0 Å². The second kappa shape index (κ2) is 5.34. The Morgan fingerprint density at radius 2 is 2.06 bits per heavy atom. The Bertz CT molecular complexity index is 393. The van der Waals surface area contributed by atoms with Gasteiger partial charge in [0.15, 0.2) is 0 Å². The van der Waals surface area contributed by atoms with Gasteiger partial charge in [-0.25, -0.2) is 4.39 Å². The average molecular weight is 241 g/mol. The highest BCUT2D eigenvalue weighted by Crippen LogP contribution is 2.18. The van der Waals surface area contributed by atoms with Gasteiger partial charge >= 0.3 is 0 Å². The molecule has 0 aliphatic heterocycles. The molecule has 0 heterocycles. The minimum absolute atomic E-state index is 0.108. The number of thiol groups is 1. The van der Waals surface area contributed by atoms with Gasteiger partial charge in [-0.3, -0.25) is 4.79 Å². The molecular weight excluding hydrogens is 225 g/mol. The zero-order valence-electron chi connectivity index (χ0n) is 9.62. The van der Waals surface area contributed by atoms with Crippen LogP contribution in [0.5, 0.6) is 0 Å². The number of nitrogens with one attached hydrogen (secondary N) is 1. The first-order valence-corrected chi connectivity index (χ1v) is 5.68. The van der Waals surface area contributed by atoms with Gasteiger partial charge < -0.3 is 5.32 Å². The third-order valence-corrected chi connectivity index (χ3v) is 3.11. The Morgan fingerprint density at radius 1 is 1.44 bits per heavy atom. The molecule has 0 saturated heterocycles.